The van der Waals surface area contributed by atoms with E-state index in [2.05, 4.69) is 15.5 Å². The van der Waals surface area contributed by atoms with Crippen LogP contribution >= 0.6 is 0 Å². The number of anilines is 1. The summed E-state index contributed by atoms with van der Waals surface area (Å²) in [6.45, 7) is 6.07. The van der Waals surface area contributed by atoms with Gasteiger partial charge in [0.25, 0.3) is 5.91 Å². The van der Waals surface area contributed by atoms with Gasteiger partial charge in [-0.3, -0.25) is 4.79 Å². The van der Waals surface area contributed by atoms with Crippen LogP contribution in [0.1, 0.15) is 42.7 Å². The lowest BCUT2D eigenvalue weighted by Crippen LogP contribution is -2.33. The van der Waals surface area contributed by atoms with Crippen molar-refractivity contribution in [2.75, 3.05) is 25.0 Å². The van der Waals surface area contributed by atoms with E-state index < -0.39 is 0 Å². The lowest BCUT2D eigenvalue weighted by atomic mass is 10.1. The first-order valence-corrected chi connectivity index (χ1v) is 8.76. The zero-order chi connectivity index (χ0) is 18.1. The van der Waals surface area contributed by atoms with Crippen molar-refractivity contribution >= 4 is 11.7 Å². The Labute approximate surface area is 148 Å². The molecule has 0 aliphatic heterocycles. The predicted molar refractivity (Wildman–Crippen MR) is 97.1 cm³/mol. The zero-order valence-corrected chi connectivity index (χ0v) is 14.8. The molecule has 0 atom stereocenters. The molecule has 134 valence electrons. The van der Waals surface area contributed by atoms with Crippen molar-refractivity contribution in [3.05, 3.63) is 53.5 Å². The van der Waals surface area contributed by atoms with E-state index in [1.54, 1.807) is 29.2 Å². The molecule has 0 fully saturated rings. The fourth-order valence-corrected chi connectivity index (χ4v) is 2.58. The molecule has 2 rings (SSSR count). The van der Waals surface area contributed by atoms with Gasteiger partial charge < -0.3 is 10.2 Å². The summed E-state index contributed by atoms with van der Waals surface area (Å²) >= 11 is 0. The normalized spacial score (nSPS) is 10.5. The van der Waals surface area contributed by atoms with E-state index >= 15 is 0 Å². The van der Waals surface area contributed by atoms with E-state index in [0.29, 0.717) is 30.0 Å². The first kappa shape index (κ1) is 18.8. The zero-order valence-electron chi connectivity index (χ0n) is 14.8. The van der Waals surface area contributed by atoms with Crippen LogP contribution in [0, 0.1) is 5.82 Å². The average Bonchev–Trinajstić information content (AvgIpc) is 2.63. The quantitative estimate of drug-likeness (QED) is 0.756. The molecule has 5 nitrogen and oxygen atoms in total. The first-order valence-electron chi connectivity index (χ1n) is 8.76. The van der Waals surface area contributed by atoms with Crippen molar-refractivity contribution in [3.8, 4) is 0 Å². The fraction of sp³-hybridized carbons (Fsp3) is 0.421. The molecule has 6 heteroatoms. The van der Waals surface area contributed by atoms with Gasteiger partial charge >= 0.3 is 0 Å². The second kappa shape index (κ2) is 9.71. The molecular formula is C19H25FN4O. The molecule has 1 N–H and O–H groups in total. The Morgan fingerprint density at radius 3 is 2.40 bits per heavy atom. The summed E-state index contributed by atoms with van der Waals surface area (Å²) in [4.78, 5) is 14.2. The highest BCUT2D eigenvalue weighted by atomic mass is 19.1. The van der Waals surface area contributed by atoms with E-state index in [9.17, 15) is 9.18 Å². The maximum absolute atomic E-state index is 13.6. The van der Waals surface area contributed by atoms with Gasteiger partial charge in [0.1, 0.15) is 11.6 Å². The fourth-order valence-electron chi connectivity index (χ4n) is 2.58. The molecule has 0 saturated carbocycles. The van der Waals surface area contributed by atoms with Crippen molar-refractivity contribution in [2.45, 2.75) is 33.1 Å². The van der Waals surface area contributed by atoms with E-state index in [1.165, 1.54) is 6.07 Å². The second-order valence-electron chi connectivity index (χ2n) is 5.86. The summed E-state index contributed by atoms with van der Waals surface area (Å²) in [5.41, 5.74) is 1.01. The molecule has 0 spiro atoms. The number of nitrogens with zero attached hydrogens (tertiary/aromatic N) is 3. The molecule has 0 unspecified atom stereocenters. The lowest BCUT2D eigenvalue weighted by molar-refractivity contribution is 0.0748. The molecular weight excluding hydrogens is 319 g/mol. The second-order valence-corrected chi connectivity index (χ2v) is 5.86. The van der Waals surface area contributed by atoms with Gasteiger partial charge in [0.05, 0.1) is 0 Å². The maximum atomic E-state index is 13.6. The molecule has 2 aromatic rings. The van der Waals surface area contributed by atoms with Crippen LogP contribution in [0.4, 0.5) is 10.2 Å². The number of nitrogens with one attached hydrogen (secondary N) is 1. The number of hydrogen-bond acceptors (Lipinski definition) is 4. The molecule has 0 bridgehead atoms. The first-order chi connectivity index (χ1) is 12.2. The van der Waals surface area contributed by atoms with Crippen LogP contribution in [-0.4, -0.2) is 40.6 Å². The minimum Gasteiger partial charge on any atom is -0.368 e. The van der Waals surface area contributed by atoms with Gasteiger partial charge in [-0.2, -0.15) is 0 Å². The number of rotatable bonds is 9. The third-order valence-corrected chi connectivity index (χ3v) is 3.82. The van der Waals surface area contributed by atoms with Crippen LogP contribution in [-0.2, 0) is 6.42 Å². The predicted octanol–water partition coefficient (Wildman–Crippen LogP) is 3.53. The minimum absolute atomic E-state index is 0.0888. The van der Waals surface area contributed by atoms with Gasteiger partial charge in [-0.05, 0) is 43.0 Å². The Kier molecular flexibility index (Phi) is 7.32. The minimum atomic E-state index is -0.205. The van der Waals surface area contributed by atoms with E-state index in [-0.39, 0.29) is 11.7 Å². The Balaban J connectivity index is 1.90. The summed E-state index contributed by atoms with van der Waals surface area (Å²) < 4.78 is 13.6. The summed E-state index contributed by atoms with van der Waals surface area (Å²) in [6, 6.07) is 10.1. The highest BCUT2D eigenvalue weighted by molar-refractivity contribution is 5.92. The number of carbonyl (C=O) groups excluding carboxylic acids is 1. The van der Waals surface area contributed by atoms with Crippen LogP contribution in [0.2, 0.25) is 0 Å². The van der Waals surface area contributed by atoms with Gasteiger partial charge in [0.15, 0.2) is 5.69 Å². The van der Waals surface area contributed by atoms with Gasteiger partial charge in [-0.25, -0.2) is 4.39 Å². The largest absolute Gasteiger partial charge is 0.368 e. The van der Waals surface area contributed by atoms with Gasteiger partial charge in [-0.15, -0.1) is 10.2 Å². The summed E-state index contributed by atoms with van der Waals surface area (Å²) in [5.74, 6) is 0.280. The summed E-state index contributed by atoms with van der Waals surface area (Å²) in [6.07, 6.45) is 2.37. The smallest absolute Gasteiger partial charge is 0.274 e. The lowest BCUT2D eigenvalue weighted by Gasteiger charge is -2.20. The summed E-state index contributed by atoms with van der Waals surface area (Å²) in [7, 11) is 0. The number of amides is 1. The van der Waals surface area contributed by atoms with Crippen LogP contribution in [0.25, 0.3) is 0 Å². The molecule has 1 heterocycles. The Bertz CT molecular complexity index is 669. The summed E-state index contributed by atoms with van der Waals surface area (Å²) in [5, 5.41) is 11.2. The SMILES string of the molecule is CCCN(CCC)C(=O)c1ccc(NCCc2ccccc2F)nn1. The molecule has 1 aromatic heterocycles. The molecule has 0 saturated heterocycles. The van der Waals surface area contributed by atoms with Crippen LogP contribution in [0.15, 0.2) is 36.4 Å². The molecule has 1 aromatic carbocycles. The van der Waals surface area contributed by atoms with Gasteiger partial charge in [-0.1, -0.05) is 32.0 Å². The highest BCUT2D eigenvalue weighted by Gasteiger charge is 2.16. The monoisotopic (exact) mass is 344 g/mol. The van der Waals surface area contributed by atoms with Gasteiger partial charge in [0.2, 0.25) is 0 Å². The Morgan fingerprint density at radius 1 is 1.08 bits per heavy atom. The number of benzene rings is 1. The topological polar surface area (TPSA) is 58.1 Å². The standard InChI is InChI=1S/C19H25FN4O/c1-3-13-24(14-4-2)19(25)17-9-10-18(23-22-17)21-12-11-15-7-5-6-8-16(15)20/h5-10H,3-4,11-14H2,1-2H3,(H,21,23). The van der Waals surface area contributed by atoms with Crippen molar-refractivity contribution < 1.29 is 9.18 Å². The molecule has 25 heavy (non-hydrogen) atoms. The average molecular weight is 344 g/mol. The Morgan fingerprint density at radius 2 is 1.80 bits per heavy atom. The van der Waals surface area contributed by atoms with E-state index in [0.717, 1.165) is 25.9 Å². The number of aromatic nitrogens is 2. The third kappa shape index (κ3) is 5.52. The number of carbonyl (C=O) groups is 1. The molecule has 0 radical (unpaired) electrons. The van der Waals surface area contributed by atoms with Crippen molar-refractivity contribution in [1.82, 2.24) is 15.1 Å². The van der Waals surface area contributed by atoms with Crippen molar-refractivity contribution in [1.29, 1.82) is 0 Å². The number of hydrogen-bond donors (Lipinski definition) is 1. The van der Waals surface area contributed by atoms with Crippen molar-refractivity contribution in [2.24, 2.45) is 0 Å². The van der Waals surface area contributed by atoms with Crippen LogP contribution < -0.4 is 5.32 Å². The molecule has 0 aliphatic rings. The van der Waals surface area contributed by atoms with Crippen LogP contribution in [0.3, 0.4) is 0 Å². The van der Waals surface area contributed by atoms with Crippen molar-refractivity contribution in [3.63, 3.8) is 0 Å². The number of halogens is 1. The maximum Gasteiger partial charge on any atom is 0.274 e. The third-order valence-electron chi connectivity index (χ3n) is 3.82. The van der Waals surface area contributed by atoms with Crippen LogP contribution in [0.5, 0.6) is 0 Å². The van der Waals surface area contributed by atoms with E-state index in [1.807, 2.05) is 19.9 Å². The highest BCUT2D eigenvalue weighted by Crippen LogP contribution is 2.09. The molecule has 0 aliphatic carbocycles. The molecule has 1 amide bonds. The van der Waals surface area contributed by atoms with E-state index in [4.69, 9.17) is 0 Å². The Hall–Kier alpha value is -2.50. The van der Waals surface area contributed by atoms with Gasteiger partial charge in [0, 0.05) is 19.6 Å².